The van der Waals surface area contributed by atoms with E-state index in [1.165, 1.54) is 5.56 Å². The molecule has 2 rings (SSSR count). The highest BCUT2D eigenvalue weighted by Gasteiger charge is 2.01. The summed E-state index contributed by atoms with van der Waals surface area (Å²) in [4.78, 5) is 0. The molecule has 1 heterocycles. The second-order valence-corrected chi connectivity index (χ2v) is 4.52. The predicted molar refractivity (Wildman–Crippen MR) is 69.5 cm³/mol. The number of benzene rings is 1. The molecule has 0 saturated heterocycles. The van der Waals surface area contributed by atoms with Gasteiger partial charge in [0.1, 0.15) is 5.75 Å². The lowest BCUT2D eigenvalue weighted by Crippen LogP contribution is -2.02. The number of hydrogen-bond donors (Lipinski definition) is 0. The van der Waals surface area contributed by atoms with Gasteiger partial charge in [-0.2, -0.15) is 11.3 Å². The summed E-state index contributed by atoms with van der Waals surface area (Å²) in [5, 5.41) is 4.23. The van der Waals surface area contributed by atoms with Crippen LogP contribution in [-0.4, -0.2) is 6.61 Å². The van der Waals surface area contributed by atoms with Crippen molar-refractivity contribution in [3.63, 3.8) is 0 Å². The summed E-state index contributed by atoms with van der Waals surface area (Å²) in [6, 6.07) is 10.0. The minimum absolute atomic E-state index is 0.495. The Labute approximate surface area is 105 Å². The molecule has 0 aliphatic carbocycles. The molecule has 0 aliphatic rings. The van der Waals surface area contributed by atoms with Gasteiger partial charge in [-0.25, -0.2) is 0 Å². The lowest BCUT2D eigenvalue weighted by molar-refractivity contribution is 0.319. The number of halogens is 1. The van der Waals surface area contributed by atoms with E-state index in [-0.39, 0.29) is 0 Å². The third-order valence-corrected chi connectivity index (χ3v) is 3.36. The third kappa shape index (κ3) is 3.00. The summed E-state index contributed by atoms with van der Waals surface area (Å²) < 4.78 is 5.72. The zero-order valence-electron chi connectivity index (χ0n) is 8.86. The first-order valence-electron chi connectivity index (χ1n) is 5.18. The van der Waals surface area contributed by atoms with Gasteiger partial charge < -0.3 is 4.74 Å². The average molecular weight is 253 g/mol. The average Bonchev–Trinajstić information content (AvgIpc) is 2.83. The van der Waals surface area contributed by atoms with Crippen LogP contribution in [-0.2, 0) is 12.3 Å². The summed E-state index contributed by atoms with van der Waals surface area (Å²) in [5.41, 5.74) is 2.38. The monoisotopic (exact) mass is 252 g/mol. The molecule has 1 aromatic carbocycles. The molecule has 16 heavy (non-hydrogen) atoms. The summed E-state index contributed by atoms with van der Waals surface area (Å²) in [6.45, 7) is 0.699. The van der Waals surface area contributed by atoms with Crippen LogP contribution in [0.5, 0.6) is 5.75 Å². The van der Waals surface area contributed by atoms with Crippen molar-refractivity contribution in [3.05, 3.63) is 52.2 Å². The van der Waals surface area contributed by atoms with Crippen LogP contribution in [0.3, 0.4) is 0 Å². The minimum atomic E-state index is 0.495. The van der Waals surface area contributed by atoms with Crippen LogP contribution in [0.25, 0.3) is 0 Å². The molecule has 0 bridgehead atoms. The van der Waals surface area contributed by atoms with Gasteiger partial charge >= 0.3 is 0 Å². The first kappa shape index (κ1) is 11.5. The Morgan fingerprint density at radius 3 is 2.81 bits per heavy atom. The second-order valence-electron chi connectivity index (χ2n) is 3.47. The van der Waals surface area contributed by atoms with Gasteiger partial charge in [0.2, 0.25) is 0 Å². The Morgan fingerprint density at radius 2 is 2.06 bits per heavy atom. The Kier molecular flexibility index (Phi) is 4.25. The Morgan fingerprint density at radius 1 is 1.19 bits per heavy atom. The number of hydrogen-bond acceptors (Lipinski definition) is 2. The van der Waals surface area contributed by atoms with Gasteiger partial charge in [-0.1, -0.05) is 18.2 Å². The van der Waals surface area contributed by atoms with Crippen molar-refractivity contribution in [1.82, 2.24) is 0 Å². The standard InChI is InChI=1S/C13H13ClOS/c14-9-12-3-1-2-4-13(12)15-7-5-11-6-8-16-10-11/h1-4,6,8,10H,5,7,9H2. The van der Waals surface area contributed by atoms with Gasteiger partial charge in [-0.3, -0.25) is 0 Å². The van der Waals surface area contributed by atoms with Crippen LogP contribution in [0.2, 0.25) is 0 Å². The van der Waals surface area contributed by atoms with Crippen molar-refractivity contribution in [3.8, 4) is 5.75 Å². The van der Waals surface area contributed by atoms with Crippen LogP contribution in [0, 0.1) is 0 Å². The Balaban J connectivity index is 1.89. The highest BCUT2D eigenvalue weighted by Crippen LogP contribution is 2.20. The number of para-hydroxylation sites is 1. The molecule has 0 N–H and O–H groups in total. The van der Waals surface area contributed by atoms with E-state index in [1.807, 2.05) is 24.3 Å². The molecule has 0 aliphatic heterocycles. The van der Waals surface area contributed by atoms with Crippen LogP contribution in [0.1, 0.15) is 11.1 Å². The van der Waals surface area contributed by atoms with Gasteiger partial charge in [0, 0.05) is 12.0 Å². The molecule has 0 saturated carbocycles. The van der Waals surface area contributed by atoms with E-state index < -0.39 is 0 Å². The van der Waals surface area contributed by atoms with Crippen molar-refractivity contribution in [2.24, 2.45) is 0 Å². The molecule has 2 aromatic rings. The number of rotatable bonds is 5. The first-order chi connectivity index (χ1) is 7.90. The van der Waals surface area contributed by atoms with Crippen molar-refractivity contribution < 1.29 is 4.74 Å². The van der Waals surface area contributed by atoms with Gasteiger partial charge in [0.25, 0.3) is 0 Å². The number of ether oxygens (including phenoxy) is 1. The van der Waals surface area contributed by atoms with E-state index >= 15 is 0 Å². The molecule has 3 heteroatoms. The Hall–Kier alpha value is -0.990. The van der Waals surface area contributed by atoms with Gasteiger partial charge in [0.05, 0.1) is 12.5 Å². The van der Waals surface area contributed by atoms with Crippen LogP contribution in [0.4, 0.5) is 0 Å². The normalized spacial score (nSPS) is 10.3. The lowest BCUT2D eigenvalue weighted by Gasteiger charge is -2.08. The molecule has 0 unspecified atom stereocenters. The molecular weight excluding hydrogens is 240 g/mol. The predicted octanol–water partition coefficient (Wildman–Crippen LogP) is 4.11. The van der Waals surface area contributed by atoms with E-state index in [9.17, 15) is 0 Å². The van der Waals surface area contributed by atoms with Crippen molar-refractivity contribution >= 4 is 22.9 Å². The Bertz CT molecular complexity index is 425. The maximum atomic E-state index is 5.83. The number of alkyl halides is 1. The summed E-state index contributed by atoms with van der Waals surface area (Å²) in [5.74, 6) is 1.39. The molecule has 1 nitrogen and oxygen atoms in total. The molecule has 0 spiro atoms. The maximum absolute atomic E-state index is 5.83. The molecule has 0 radical (unpaired) electrons. The zero-order valence-corrected chi connectivity index (χ0v) is 10.4. The third-order valence-electron chi connectivity index (χ3n) is 2.34. The van der Waals surface area contributed by atoms with Crippen molar-refractivity contribution in [1.29, 1.82) is 0 Å². The van der Waals surface area contributed by atoms with Crippen LogP contribution < -0.4 is 4.74 Å². The molecule has 1 aromatic heterocycles. The molecule has 0 atom stereocenters. The van der Waals surface area contributed by atoms with E-state index in [1.54, 1.807) is 11.3 Å². The summed E-state index contributed by atoms with van der Waals surface area (Å²) >= 11 is 7.55. The SMILES string of the molecule is ClCc1ccccc1OCCc1ccsc1. The first-order valence-corrected chi connectivity index (χ1v) is 6.65. The van der Waals surface area contributed by atoms with E-state index in [2.05, 4.69) is 16.8 Å². The second kappa shape index (κ2) is 5.92. The van der Waals surface area contributed by atoms with E-state index in [4.69, 9.17) is 16.3 Å². The lowest BCUT2D eigenvalue weighted by atomic mass is 10.2. The molecule has 0 fully saturated rings. The zero-order chi connectivity index (χ0) is 11.2. The molecule has 84 valence electrons. The van der Waals surface area contributed by atoms with Crippen LogP contribution >= 0.6 is 22.9 Å². The fourth-order valence-electron chi connectivity index (χ4n) is 1.47. The number of thiophene rings is 1. The molecular formula is C13H13ClOS. The fraction of sp³-hybridized carbons (Fsp3) is 0.231. The van der Waals surface area contributed by atoms with E-state index in [0.29, 0.717) is 12.5 Å². The van der Waals surface area contributed by atoms with Gasteiger partial charge in [-0.15, -0.1) is 11.6 Å². The topological polar surface area (TPSA) is 9.23 Å². The fourth-order valence-corrected chi connectivity index (χ4v) is 2.39. The van der Waals surface area contributed by atoms with Crippen molar-refractivity contribution in [2.75, 3.05) is 6.61 Å². The highest BCUT2D eigenvalue weighted by molar-refractivity contribution is 7.07. The maximum Gasteiger partial charge on any atom is 0.123 e. The summed E-state index contributed by atoms with van der Waals surface area (Å²) in [6.07, 6.45) is 0.945. The smallest absolute Gasteiger partial charge is 0.123 e. The van der Waals surface area contributed by atoms with Crippen molar-refractivity contribution in [2.45, 2.75) is 12.3 Å². The quantitative estimate of drug-likeness (QED) is 0.728. The summed E-state index contributed by atoms with van der Waals surface area (Å²) in [7, 11) is 0. The van der Waals surface area contributed by atoms with Gasteiger partial charge in [0.15, 0.2) is 0 Å². The molecule has 0 amide bonds. The highest BCUT2D eigenvalue weighted by atomic mass is 35.5. The van der Waals surface area contributed by atoms with Crippen LogP contribution in [0.15, 0.2) is 41.1 Å². The van der Waals surface area contributed by atoms with E-state index in [0.717, 1.165) is 17.7 Å². The van der Waals surface area contributed by atoms with Gasteiger partial charge in [-0.05, 0) is 28.5 Å². The minimum Gasteiger partial charge on any atom is -0.493 e. The largest absolute Gasteiger partial charge is 0.493 e.